The van der Waals surface area contributed by atoms with Crippen LogP contribution in [0.5, 0.6) is 0 Å². The van der Waals surface area contributed by atoms with Crippen LogP contribution < -0.4 is 11.1 Å². The summed E-state index contributed by atoms with van der Waals surface area (Å²) in [6.07, 6.45) is 5.68. The molecule has 0 aliphatic heterocycles. The molecule has 174 valence electrons. The fourth-order valence-electron chi connectivity index (χ4n) is 6.51. The van der Waals surface area contributed by atoms with Crippen LogP contribution in [0, 0.1) is 23.2 Å². The number of primary amides is 1. The number of nitrogens with one attached hydrogen (secondary N) is 1. The van der Waals surface area contributed by atoms with Crippen LogP contribution in [-0.4, -0.2) is 43.2 Å². The van der Waals surface area contributed by atoms with Crippen LogP contribution in [0.3, 0.4) is 0 Å². The molecule has 0 saturated heterocycles. The highest BCUT2D eigenvalue weighted by Gasteiger charge is 2.58. The standard InChI is InChI=1S/C22H27Cl2N3O4S/c23-15-1-4-17(24)18(7-15)32(30,31)27(16-2-3-16)11-19(28)26-20-13-5-12-6-14(20)10-22(8-12,9-13)21(25)29/h1,4,7,12-14,16,20H,2-3,5-6,8-11H2,(H2,25,29)(H,26,28). The van der Waals surface area contributed by atoms with Gasteiger partial charge >= 0.3 is 0 Å². The van der Waals surface area contributed by atoms with Crippen molar-refractivity contribution in [3.63, 3.8) is 0 Å². The molecule has 5 saturated carbocycles. The molecule has 2 amide bonds. The molecular formula is C22H27Cl2N3O4S. The zero-order valence-electron chi connectivity index (χ0n) is 17.6. The van der Waals surface area contributed by atoms with Gasteiger partial charge in [0.1, 0.15) is 4.90 Å². The number of nitrogens with zero attached hydrogens (tertiary/aromatic N) is 1. The summed E-state index contributed by atoms with van der Waals surface area (Å²) in [6, 6.07) is 4.06. The second-order valence-corrected chi connectivity index (χ2v) is 12.8. The zero-order valence-corrected chi connectivity index (χ0v) is 19.9. The summed E-state index contributed by atoms with van der Waals surface area (Å²) in [7, 11) is -3.97. The second kappa shape index (κ2) is 7.86. The summed E-state index contributed by atoms with van der Waals surface area (Å²) in [5, 5.41) is 3.47. The molecule has 0 aromatic heterocycles. The topological polar surface area (TPSA) is 110 Å². The number of nitrogens with two attached hydrogens (primary N) is 1. The van der Waals surface area contributed by atoms with E-state index in [1.54, 1.807) is 0 Å². The van der Waals surface area contributed by atoms with E-state index < -0.39 is 15.4 Å². The lowest BCUT2D eigenvalue weighted by Gasteiger charge is -2.58. The third-order valence-corrected chi connectivity index (χ3v) is 10.5. The number of halogens is 2. The van der Waals surface area contributed by atoms with Gasteiger partial charge in [-0.05, 0) is 80.9 Å². The van der Waals surface area contributed by atoms with E-state index in [0.29, 0.717) is 31.6 Å². The summed E-state index contributed by atoms with van der Waals surface area (Å²) in [4.78, 5) is 25.1. The number of sulfonamides is 1. The molecule has 32 heavy (non-hydrogen) atoms. The number of carbonyl (C=O) groups is 2. The largest absolute Gasteiger partial charge is 0.369 e. The van der Waals surface area contributed by atoms with Crippen molar-refractivity contribution >= 4 is 45.0 Å². The molecular weight excluding hydrogens is 473 g/mol. The third-order valence-electron chi connectivity index (χ3n) is 7.86. The third kappa shape index (κ3) is 3.83. The van der Waals surface area contributed by atoms with E-state index in [1.807, 2.05) is 0 Å². The second-order valence-electron chi connectivity index (χ2n) is 10.1. The zero-order chi connectivity index (χ0) is 22.8. The first-order valence-electron chi connectivity index (χ1n) is 11.2. The number of carbonyl (C=O) groups excluding carboxylic acids is 2. The van der Waals surface area contributed by atoms with Crippen molar-refractivity contribution in [3.8, 4) is 0 Å². The molecule has 5 fully saturated rings. The van der Waals surface area contributed by atoms with E-state index in [-0.39, 0.29) is 57.2 Å². The van der Waals surface area contributed by atoms with Crippen LogP contribution in [0.1, 0.15) is 44.9 Å². The van der Waals surface area contributed by atoms with Crippen molar-refractivity contribution in [2.24, 2.45) is 28.9 Å². The van der Waals surface area contributed by atoms with Crippen molar-refractivity contribution in [2.75, 3.05) is 6.54 Å². The Morgan fingerprint density at radius 3 is 2.38 bits per heavy atom. The maximum absolute atomic E-state index is 13.3. The predicted octanol–water partition coefficient (Wildman–Crippen LogP) is 2.94. The Labute approximate surface area is 198 Å². The monoisotopic (exact) mass is 499 g/mol. The minimum atomic E-state index is -3.97. The summed E-state index contributed by atoms with van der Waals surface area (Å²) in [6.45, 7) is -0.254. The molecule has 1 aromatic carbocycles. The Balaban J connectivity index is 1.32. The van der Waals surface area contributed by atoms with Gasteiger partial charge in [-0.25, -0.2) is 8.42 Å². The van der Waals surface area contributed by atoms with E-state index in [1.165, 1.54) is 22.5 Å². The van der Waals surface area contributed by atoms with Gasteiger partial charge in [0.05, 0.1) is 11.6 Å². The molecule has 1 aromatic rings. The van der Waals surface area contributed by atoms with Crippen molar-refractivity contribution in [2.45, 2.75) is 61.9 Å². The molecule has 0 heterocycles. The summed E-state index contributed by atoms with van der Waals surface area (Å²) < 4.78 is 27.9. The van der Waals surface area contributed by atoms with Gasteiger partial charge in [-0.2, -0.15) is 4.31 Å². The number of hydrogen-bond acceptors (Lipinski definition) is 4. The molecule has 0 radical (unpaired) electrons. The van der Waals surface area contributed by atoms with E-state index in [0.717, 1.165) is 19.3 Å². The minimum Gasteiger partial charge on any atom is -0.369 e. The van der Waals surface area contributed by atoms with Crippen LogP contribution in [0.15, 0.2) is 23.1 Å². The maximum atomic E-state index is 13.3. The molecule has 2 unspecified atom stereocenters. The molecule has 6 rings (SSSR count). The van der Waals surface area contributed by atoms with Gasteiger partial charge in [-0.1, -0.05) is 23.2 Å². The average Bonchev–Trinajstić information content (AvgIpc) is 3.55. The van der Waals surface area contributed by atoms with Gasteiger partial charge in [0, 0.05) is 22.5 Å². The lowest BCUT2D eigenvalue weighted by Crippen LogP contribution is -2.62. The Morgan fingerprint density at radius 1 is 1.12 bits per heavy atom. The Hall–Kier alpha value is -1.35. The molecule has 10 heteroatoms. The van der Waals surface area contributed by atoms with Crippen LogP contribution >= 0.6 is 23.2 Å². The number of amides is 2. The van der Waals surface area contributed by atoms with Gasteiger partial charge in [0.25, 0.3) is 0 Å². The number of hydrogen-bond donors (Lipinski definition) is 2. The Morgan fingerprint density at radius 2 is 1.78 bits per heavy atom. The molecule has 5 aliphatic carbocycles. The Kier molecular flexibility index (Phi) is 5.51. The first-order chi connectivity index (χ1) is 15.1. The van der Waals surface area contributed by atoms with E-state index >= 15 is 0 Å². The predicted molar refractivity (Wildman–Crippen MR) is 120 cm³/mol. The summed E-state index contributed by atoms with van der Waals surface area (Å²) in [5.74, 6) is 0.383. The normalized spacial score (nSPS) is 33.5. The fraction of sp³-hybridized carbons (Fsp3) is 0.636. The quantitative estimate of drug-likeness (QED) is 0.600. The van der Waals surface area contributed by atoms with E-state index in [9.17, 15) is 18.0 Å². The molecule has 3 N–H and O–H groups in total. The van der Waals surface area contributed by atoms with Gasteiger partial charge in [-0.3, -0.25) is 9.59 Å². The Bertz CT molecular complexity index is 1060. The van der Waals surface area contributed by atoms with Gasteiger partial charge in [0.2, 0.25) is 21.8 Å². The van der Waals surface area contributed by atoms with Crippen molar-refractivity contribution < 1.29 is 18.0 Å². The molecule has 7 nitrogen and oxygen atoms in total. The van der Waals surface area contributed by atoms with Crippen LogP contribution in [0.4, 0.5) is 0 Å². The van der Waals surface area contributed by atoms with Gasteiger partial charge in [-0.15, -0.1) is 0 Å². The lowest BCUT2D eigenvalue weighted by molar-refractivity contribution is -0.147. The highest BCUT2D eigenvalue weighted by Crippen LogP contribution is 2.59. The molecule has 0 spiro atoms. The van der Waals surface area contributed by atoms with Crippen molar-refractivity contribution in [3.05, 3.63) is 28.2 Å². The fourth-order valence-corrected chi connectivity index (χ4v) is 8.89. The minimum absolute atomic E-state index is 0.0370. The highest BCUT2D eigenvalue weighted by molar-refractivity contribution is 7.89. The van der Waals surface area contributed by atoms with E-state index in [4.69, 9.17) is 28.9 Å². The van der Waals surface area contributed by atoms with E-state index in [2.05, 4.69) is 5.32 Å². The molecule has 4 bridgehead atoms. The van der Waals surface area contributed by atoms with Gasteiger partial charge < -0.3 is 11.1 Å². The van der Waals surface area contributed by atoms with Crippen LogP contribution in [0.2, 0.25) is 10.0 Å². The van der Waals surface area contributed by atoms with Crippen LogP contribution in [0.25, 0.3) is 0 Å². The SMILES string of the molecule is NC(=O)C12CC3CC(C1)C(NC(=O)CN(C1CC1)S(=O)(=O)c1cc(Cl)ccc1Cl)C(C3)C2. The maximum Gasteiger partial charge on any atom is 0.245 e. The molecule has 5 aliphatic rings. The molecule has 2 atom stereocenters. The number of benzene rings is 1. The smallest absolute Gasteiger partial charge is 0.245 e. The van der Waals surface area contributed by atoms with Gasteiger partial charge in [0.15, 0.2) is 0 Å². The summed E-state index contributed by atoms with van der Waals surface area (Å²) in [5.41, 5.74) is 5.32. The lowest BCUT2D eigenvalue weighted by atomic mass is 9.47. The summed E-state index contributed by atoms with van der Waals surface area (Å²) >= 11 is 12.2. The highest BCUT2D eigenvalue weighted by atomic mass is 35.5. The average molecular weight is 500 g/mol. The first-order valence-corrected chi connectivity index (χ1v) is 13.3. The van der Waals surface area contributed by atoms with Crippen LogP contribution in [-0.2, 0) is 19.6 Å². The first kappa shape index (κ1) is 22.4. The number of rotatable bonds is 7. The van der Waals surface area contributed by atoms with Crippen molar-refractivity contribution in [1.82, 2.24) is 9.62 Å². The van der Waals surface area contributed by atoms with Crippen molar-refractivity contribution in [1.29, 1.82) is 0 Å².